The maximum Gasteiger partial charge on any atom is 0.237 e. The molecule has 0 unspecified atom stereocenters. The lowest BCUT2D eigenvalue weighted by Crippen LogP contribution is -2.43. The quantitative estimate of drug-likeness (QED) is 0.714. The molecule has 0 aromatic rings. The van der Waals surface area contributed by atoms with Crippen molar-refractivity contribution in [3.05, 3.63) is 0 Å². The Kier molecular flexibility index (Phi) is 3.93. The van der Waals surface area contributed by atoms with Crippen molar-refractivity contribution in [2.24, 2.45) is 5.41 Å². The second kappa shape index (κ2) is 4.78. The highest BCUT2D eigenvalue weighted by Crippen LogP contribution is 2.17. The lowest BCUT2D eigenvalue weighted by molar-refractivity contribution is -0.123. The Balaban J connectivity index is 2.27. The fourth-order valence-corrected chi connectivity index (χ4v) is 1.48. The zero-order valence-corrected chi connectivity index (χ0v) is 9.52. The van der Waals surface area contributed by atoms with Gasteiger partial charge in [0.2, 0.25) is 5.91 Å². The number of hydrogen-bond acceptors (Lipinski definition) is 2. The second-order valence-electron chi connectivity index (χ2n) is 4.88. The summed E-state index contributed by atoms with van der Waals surface area (Å²) in [4.78, 5) is 11.6. The number of carbonyl (C=O) groups excluding carboxylic acids is 1. The van der Waals surface area contributed by atoms with E-state index in [-0.39, 0.29) is 17.4 Å². The summed E-state index contributed by atoms with van der Waals surface area (Å²) in [5, 5.41) is 6.21. The molecule has 1 aliphatic heterocycles. The van der Waals surface area contributed by atoms with Crippen LogP contribution in [0.5, 0.6) is 0 Å². The Morgan fingerprint density at radius 1 is 1.57 bits per heavy atom. The molecular formula is C11H22N2O. The summed E-state index contributed by atoms with van der Waals surface area (Å²) in [5.41, 5.74) is 0.217. The van der Waals surface area contributed by atoms with Crippen LogP contribution in [-0.4, -0.2) is 25.0 Å². The summed E-state index contributed by atoms with van der Waals surface area (Å²) in [5.74, 6) is 0.170. The van der Waals surface area contributed by atoms with Gasteiger partial charge in [0.05, 0.1) is 6.04 Å². The van der Waals surface area contributed by atoms with Crippen molar-refractivity contribution in [1.29, 1.82) is 0 Å². The lowest BCUT2D eigenvalue weighted by Gasteiger charge is -2.23. The van der Waals surface area contributed by atoms with Crippen molar-refractivity contribution in [1.82, 2.24) is 10.6 Å². The van der Waals surface area contributed by atoms with Gasteiger partial charge in [-0.1, -0.05) is 20.8 Å². The van der Waals surface area contributed by atoms with Gasteiger partial charge >= 0.3 is 0 Å². The van der Waals surface area contributed by atoms with E-state index in [1.54, 1.807) is 0 Å². The molecule has 0 aliphatic carbocycles. The molecule has 1 amide bonds. The van der Waals surface area contributed by atoms with E-state index in [1.807, 2.05) is 0 Å². The van der Waals surface area contributed by atoms with Gasteiger partial charge in [-0.25, -0.2) is 0 Å². The summed E-state index contributed by atoms with van der Waals surface area (Å²) in [6.45, 7) is 8.26. The zero-order valence-electron chi connectivity index (χ0n) is 9.52. The topological polar surface area (TPSA) is 41.1 Å². The predicted octanol–water partition coefficient (Wildman–Crippen LogP) is 1.29. The molecule has 1 heterocycles. The van der Waals surface area contributed by atoms with E-state index in [4.69, 9.17) is 0 Å². The number of hydrogen-bond donors (Lipinski definition) is 2. The van der Waals surface area contributed by atoms with Crippen LogP contribution >= 0.6 is 0 Å². The van der Waals surface area contributed by atoms with E-state index in [2.05, 4.69) is 31.4 Å². The molecule has 2 N–H and O–H groups in total. The monoisotopic (exact) mass is 198 g/mol. The van der Waals surface area contributed by atoms with Gasteiger partial charge in [0.25, 0.3) is 0 Å². The SMILES string of the molecule is CCC(C)(C)CNC(=O)[C@H]1CCCN1. The molecule has 14 heavy (non-hydrogen) atoms. The van der Waals surface area contributed by atoms with E-state index in [0.29, 0.717) is 0 Å². The molecule has 0 spiro atoms. The summed E-state index contributed by atoms with van der Waals surface area (Å²) < 4.78 is 0. The number of carbonyl (C=O) groups is 1. The van der Waals surface area contributed by atoms with Gasteiger partial charge in [-0.15, -0.1) is 0 Å². The zero-order chi connectivity index (χ0) is 10.6. The molecule has 0 radical (unpaired) electrons. The average Bonchev–Trinajstić information content (AvgIpc) is 2.67. The molecule has 0 saturated carbocycles. The van der Waals surface area contributed by atoms with Crippen LogP contribution in [0.25, 0.3) is 0 Å². The third-order valence-electron chi connectivity index (χ3n) is 3.08. The van der Waals surface area contributed by atoms with Crippen molar-refractivity contribution >= 4 is 5.91 Å². The van der Waals surface area contributed by atoms with Crippen LogP contribution in [0.4, 0.5) is 0 Å². The van der Waals surface area contributed by atoms with Crippen LogP contribution in [0.3, 0.4) is 0 Å². The molecule has 1 fully saturated rings. The molecule has 1 aliphatic rings. The van der Waals surface area contributed by atoms with Crippen molar-refractivity contribution in [3.63, 3.8) is 0 Å². The molecule has 1 saturated heterocycles. The van der Waals surface area contributed by atoms with Gasteiger partial charge in [0.15, 0.2) is 0 Å². The van der Waals surface area contributed by atoms with E-state index < -0.39 is 0 Å². The molecule has 1 atom stereocenters. The fourth-order valence-electron chi connectivity index (χ4n) is 1.48. The molecule has 0 aromatic carbocycles. The molecule has 82 valence electrons. The molecular weight excluding hydrogens is 176 g/mol. The van der Waals surface area contributed by atoms with Gasteiger partial charge in [-0.05, 0) is 31.2 Å². The Morgan fingerprint density at radius 3 is 2.79 bits per heavy atom. The number of rotatable bonds is 4. The third kappa shape index (κ3) is 3.29. The highest BCUT2D eigenvalue weighted by atomic mass is 16.2. The van der Waals surface area contributed by atoms with E-state index >= 15 is 0 Å². The first-order chi connectivity index (χ1) is 6.55. The second-order valence-corrected chi connectivity index (χ2v) is 4.88. The van der Waals surface area contributed by atoms with Gasteiger partial charge < -0.3 is 10.6 Å². The van der Waals surface area contributed by atoms with Crippen LogP contribution in [0.1, 0.15) is 40.0 Å². The van der Waals surface area contributed by atoms with Crippen molar-refractivity contribution in [2.45, 2.75) is 46.1 Å². The summed E-state index contributed by atoms with van der Waals surface area (Å²) in [6.07, 6.45) is 3.19. The Hall–Kier alpha value is -0.570. The van der Waals surface area contributed by atoms with Gasteiger partial charge in [-0.2, -0.15) is 0 Å². The van der Waals surface area contributed by atoms with Crippen LogP contribution in [0.2, 0.25) is 0 Å². The highest BCUT2D eigenvalue weighted by molar-refractivity contribution is 5.82. The lowest BCUT2D eigenvalue weighted by atomic mass is 9.90. The molecule has 3 heteroatoms. The first kappa shape index (κ1) is 11.5. The van der Waals surface area contributed by atoms with Crippen molar-refractivity contribution < 1.29 is 4.79 Å². The minimum atomic E-state index is 0.0580. The maximum atomic E-state index is 11.6. The van der Waals surface area contributed by atoms with Crippen LogP contribution < -0.4 is 10.6 Å². The normalized spacial score (nSPS) is 22.4. The Labute approximate surface area is 86.6 Å². The number of amides is 1. The number of nitrogens with one attached hydrogen (secondary N) is 2. The first-order valence-electron chi connectivity index (χ1n) is 5.56. The van der Waals surface area contributed by atoms with Crippen LogP contribution in [0, 0.1) is 5.41 Å². The van der Waals surface area contributed by atoms with Crippen molar-refractivity contribution in [3.8, 4) is 0 Å². The minimum absolute atomic E-state index is 0.0580. The average molecular weight is 198 g/mol. The van der Waals surface area contributed by atoms with Gasteiger partial charge in [0, 0.05) is 6.54 Å². The molecule has 0 aromatic heterocycles. The Bertz CT molecular complexity index is 195. The van der Waals surface area contributed by atoms with E-state index in [1.165, 1.54) is 0 Å². The van der Waals surface area contributed by atoms with Gasteiger partial charge in [-0.3, -0.25) is 4.79 Å². The molecule has 1 rings (SSSR count). The fraction of sp³-hybridized carbons (Fsp3) is 0.909. The van der Waals surface area contributed by atoms with Gasteiger partial charge in [0.1, 0.15) is 0 Å². The standard InChI is InChI=1S/C11H22N2O/c1-4-11(2,3)8-13-10(14)9-6-5-7-12-9/h9,12H,4-8H2,1-3H3,(H,13,14)/t9-/m1/s1. The predicted molar refractivity (Wildman–Crippen MR) is 58.1 cm³/mol. The maximum absolute atomic E-state index is 11.6. The highest BCUT2D eigenvalue weighted by Gasteiger charge is 2.23. The van der Waals surface area contributed by atoms with E-state index in [9.17, 15) is 4.79 Å². The Morgan fingerprint density at radius 2 is 2.29 bits per heavy atom. The van der Waals surface area contributed by atoms with Crippen LogP contribution in [0.15, 0.2) is 0 Å². The summed E-state index contributed by atoms with van der Waals surface area (Å²) in [7, 11) is 0. The third-order valence-corrected chi connectivity index (χ3v) is 3.08. The smallest absolute Gasteiger partial charge is 0.237 e. The van der Waals surface area contributed by atoms with Crippen molar-refractivity contribution in [2.75, 3.05) is 13.1 Å². The molecule has 0 bridgehead atoms. The largest absolute Gasteiger partial charge is 0.354 e. The van der Waals surface area contributed by atoms with Crippen LogP contribution in [-0.2, 0) is 4.79 Å². The summed E-state index contributed by atoms with van der Waals surface area (Å²) in [6, 6.07) is 0.0580. The minimum Gasteiger partial charge on any atom is -0.354 e. The van der Waals surface area contributed by atoms with E-state index in [0.717, 1.165) is 32.4 Å². The first-order valence-corrected chi connectivity index (χ1v) is 5.56. The molecule has 3 nitrogen and oxygen atoms in total. The summed E-state index contributed by atoms with van der Waals surface area (Å²) >= 11 is 0.